The highest BCUT2D eigenvalue weighted by atomic mass is 16.5. The van der Waals surface area contributed by atoms with E-state index in [4.69, 9.17) is 15.6 Å². The molecule has 2 amide bonds. The second kappa shape index (κ2) is 5.82. The molecule has 0 aromatic carbocycles. The van der Waals surface area contributed by atoms with Crippen molar-refractivity contribution in [3.8, 4) is 0 Å². The number of nitrogens with two attached hydrogens (primary N) is 1. The summed E-state index contributed by atoms with van der Waals surface area (Å²) >= 11 is 0. The van der Waals surface area contributed by atoms with Gasteiger partial charge in [-0.2, -0.15) is 0 Å². The van der Waals surface area contributed by atoms with Gasteiger partial charge in [0.15, 0.2) is 0 Å². The third-order valence-electron chi connectivity index (χ3n) is 2.40. The fourth-order valence-corrected chi connectivity index (χ4v) is 1.59. The Morgan fingerprint density at radius 3 is 3.00 bits per heavy atom. The number of aliphatic hydroxyl groups is 1. The summed E-state index contributed by atoms with van der Waals surface area (Å²) in [5, 5.41) is 8.52. The molecule has 5 nitrogen and oxygen atoms in total. The standard InChI is InChI=1S/C9H18N2O3/c10-9(13)11-3-2-8(6-11)7-14-5-1-4-12/h8,12H,1-7H2,(H2,10,13). The lowest BCUT2D eigenvalue weighted by Crippen LogP contribution is -2.33. The van der Waals surface area contributed by atoms with Crippen LogP contribution in [0.3, 0.4) is 0 Å². The number of ether oxygens (including phenoxy) is 1. The first-order valence-electron chi connectivity index (χ1n) is 4.97. The summed E-state index contributed by atoms with van der Waals surface area (Å²) in [6, 6.07) is -0.345. The minimum Gasteiger partial charge on any atom is -0.396 e. The highest BCUT2D eigenvalue weighted by molar-refractivity contribution is 5.72. The Hall–Kier alpha value is -0.810. The van der Waals surface area contributed by atoms with Gasteiger partial charge in [0.25, 0.3) is 0 Å². The maximum Gasteiger partial charge on any atom is 0.314 e. The Kier molecular flexibility index (Phi) is 4.69. The van der Waals surface area contributed by atoms with Crippen molar-refractivity contribution < 1.29 is 14.6 Å². The van der Waals surface area contributed by atoms with Crippen molar-refractivity contribution in [2.45, 2.75) is 12.8 Å². The number of primary amides is 1. The first-order chi connectivity index (χ1) is 6.74. The third-order valence-corrected chi connectivity index (χ3v) is 2.40. The van der Waals surface area contributed by atoms with Crippen molar-refractivity contribution in [1.29, 1.82) is 0 Å². The van der Waals surface area contributed by atoms with Crippen LogP contribution in [0.4, 0.5) is 4.79 Å². The zero-order chi connectivity index (χ0) is 10.4. The van der Waals surface area contributed by atoms with Gasteiger partial charge in [0, 0.05) is 32.2 Å². The van der Waals surface area contributed by atoms with Crippen molar-refractivity contribution in [3.05, 3.63) is 0 Å². The van der Waals surface area contributed by atoms with Gasteiger partial charge in [0.05, 0.1) is 6.61 Å². The van der Waals surface area contributed by atoms with Gasteiger partial charge >= 0.3 is 6.03 Å². The minimum absolute atomic E-state index is 0.165. The van der Waals surface area contributed by atoms with Crippen molar-refractivity contribution in [1.82, 2.24) is 4.90 Å². The lowest BCUT2D eigenvalue weighted by molar-refractivity contribution is 0.0892. The molecule has 82 valence electrons. The molecule has 1 heterocycles. The second-order valence-electron chi connectivity index (χ2n) is 3.59. The van der Waals surface area contributed by atoms with Gasteiger partial charge < -0.3 is 20.5 Å². The van der Waals surface area contributed by atoms with Crippen LogP contribution in [0, 0.1) is 5.92 Å². The van der Waals surface area contributed by atoms with Gasteiger partial charge in [-0.3, -0.25) is 0 Å². The first-order valence-corrected chi connectivity index (χ1v) is 4.97. The predicted molar refractivity (Wildman–Crippen MR) is 51.8 cm³/mol. The van der Waals surface area contributed by atoms with E-state index in [2.05, 4.69) is 0 Å². The summed E-state index contributed by atoms with van der Waals surface area (Å²) in [5.74, 6) is 0.404. The topological polar surface area (TPSA) is 75.8 Å². The van der Waals surface area contributed by atoms with E-state index in [1.165, 1.54) is 0 Å². The molecule has 1 atom stereocenters. The van der Waals surface area contributed by atoms with Crippen LogP contribution in [-0.2, 0) is 4.74 Å². The van der Waals surface area contributed by atoms with Gasteiger partial charge in [0.2, 0.25) is 0 Å². The van der Waals surface area contributed by atoms with Crippen LogP contribution in [-0.4, -0.2) is 48.9 Å². The van der Waals surface area contributed by atoms with E-state index in [1.807, 2.05) is 0 Å². The molecule has 1 aliphatic rings. The molecule has 5 heteroatoms. The molecule has 1 unspecified atom stereocenters. The van der Waals surface area contributed by atoms with Gasteiger partial charge in [-0.1, -0.05) is 0 Å². The molecule has 3 N–H and O–H groups in total. The Balaban J connectivity index is 2.07. The summed E-state index contributed by atoms with van der Waals surface area (Å²) < 4.78 is 5.35. The van der Waals surface area contributed by atoms with E-state index < -0.39 is 0 Å². The number of carbonyl (C=O) groups excluding carboxylic acids is 1. The fourth-order valence-electron chi connectivity index (χ4n) is 1.59. The number of hydrogen-bond donors (Lipinski definition) is 2. The zero-order valence-electron chi connectivity index (χ0n) is 8.32. The van der Waals surface area contributed by atoms with Crippen LogP contribution in [0.1, 0.15) is 12.8 Å². The Morgan fingerprint density at radius 1 is 1.64 bits per heavy atom. The number of likely N-dealkylation sites (tertiary alicyclic amines) is 1. The second-order valence-corrected chi connectivity index (χ2v) is 3.59. The van der Waals surface area contributed by atoms with Crippen LogP contribution >= 0.6 is 0 Å². The van der Waals surface area contributed by atoms with Gasteiger partial charge in [-0.15, -0.1) is 0 Å². The van der Waals surface area contributed by atoms with Crippen molar-refractivity contribution in [2.24, 2.45) is 11.7 Å². The molecule has 0 aromatic rings. The number of carbonyl (C=O) groups is 1. The molecule has 1 fully saturated rings. The highest BCUT2D eigenvalue weighted by Crippen LogP contribution is 2.15. The molecule has 0 aliphatic carbocycles. The highest BCUT2D eigenvalue weighted by Gasteiger charge is 2.24. The maximum atomic E-state index is 10.8. The first kappa shape index (κ1) is 11.3. The van der Waals surface area contributed by atoms with E-state index in [0.717, 1.165) is 13.0 Å². The Bertz CT molecular complexity index is 187. The molecule has 0 saturated carbocycles. The van der Waals surface area contributed by atoms with Gasteiger partial charge in [0.1, 0.15) is 0 Å². The van der Waals surface area contributed by atoms with E-state index in [9.17, 15) is 4.79 Å². The molecule has 0 spiro atoms. The SMILES string of the molecule is NC(=O)N1CCC(COCCCO)C1. The average molecular weight is 202 g/mol. The van der Waals surface area contributed by atoms with Crippen molar-refractivity contribution >= 4 is 6.03 Å². The van der Waals surface area contributed by atoms with E-state index >= 15 is 0 Å². The van der Waals surface area contributed by atoms with Crippen LogP contribution in [0.25, 0.3) is 0 Å². The van der Waals surface area contributed by atoms with Crippen molar-refractivity contribution in [2.75, 3.05) is 32.9 Å². The smallest absolute Gasteiger partial charge is 0.314 e. The van der Waals surface area contributed by atoms with E-state index in [0.29, 0.717) is 32.1 Å². The minimum atomic E-state index is -0.345. The van der Waals surface area contributed by atoms with Crippen LogP contribution in [0.15, 0.2) is 0 Å². The molecule has 0 radical (unpaired) electrons. The normalized spacial score (nSPS) is 21.5. The number of nitrogens with zero attached hydrogens (tertiary/aromatic N) is 1. The van der Waals surface area contributed by atoms with Gasteiger partial charge in [-0.25, -0.2) is 4.79 Å². The van der Waals surface area contributed by atoms with Crippen molar-refractivity contribution in [3.63, 3.8) is 0 Å². The molecule has 1 rings (SSSR count). The number of amides is 2. The average Bonchev–Trinajstić information content (AvgIpc) is 2.61. The molecular formula is C9H18N2O3. The quantitative estimate of drug-likeness (QED) is 0.605. The zero-order valence-corrected chi connectivity index (χ0v) is 8.32. The number of hydrogen-bond acceptors (Lipinski definition) is 3. The summed E-state index contributed by atoms with van der Waals surface area (Å²) in [6.07, 6.45) is 1.63. The maximum absolute atomic E-state index is 10.8. The fraction of sp³-hybridized carbons (Fsp3) is 0.889. The van der Waals surface area contributed by atoms with Crippen LogP contribution < -0.4 is 5.73 Å². The van der Waals surface area contributed by atoms with Crippen LogP contribution in [0.5, 0.6) is 0 Å². The lowest BCUT2D eigenvalue weighted by Gasteiger charge is -2.13. The number of urea groups is 1. The number of rotatable bonds is 5. The Labute approximate surface area is 83.8 Å². The molecule has 1 saturated heterocycles. The summed E-state index contributed by atoms with van der Waals surface area (Å²) in [7, 11) is 0. The number of aliphatic hydroxyl groups excluding tert-OH is 1. The summed E-state index contributed by atoms with van der Waals surface area (Å²) in [5.41, 5.74) is 5.15. The largest absolute Gasteiger partial charge is 0.396 e. The molecule has 14 heavy (non-hydrogen) atoms. The third kappa shape index (κ3) is 3.51. The molecular weight excluding hydrogens is 184 g/mol. The van der Waals surface area contributed by atoms with E-state index in [1.54, 1.807) is 4.90 Å². The lowest BCUT2D eigenvalue weighted by atomic mass is 10.1. The Morgan fingerprint density at radius 2 is 2.43 bits per heavy atom. The van der Waals surface area contributed by atoms with Gasteiger partial charge in [-0.05, 0) is 12.8 Å². The molecule has 0 bridgehead atoms. The van der Waals surface area contributed by atoms with Crippen LogP contribution in [0.2, 0.25) is 0 Å². The molecule has 1 aliphatic heterocycles. The monoisotopic (exact) mass is 202 g/mol. The summed E-state index contributed by atoms with van der Waals surface area (Å²) in [4.78, 5) is 12.4. The summed E-state index contributed by atoms with van der Waals surface area (Å²) in [6.45, 7) is 2.85. The predicted octanol–water partition coefficient (Wildman–Crippen LogP) is -0.214. The van der Waals surface area contributed by atoms with E-state index in [-0.39, 0.29) is 12.6 Å². The molecule has 0 aromatic heterocycles.